The summed E-state index contributed by atoms with van der Waals surface area (Å²) in [6.07, 6.45) is 0. The predicted molar refractivity (Wildman–Crippen MR) is 103 cm³/mol. The summed E-state index contributed by atoms with van der Waals surface area (Å²) >= 11 is 0. The molecule has 3 N–H and O–H groups in total. The zero-order chi connectivity index (χ0) is 19.8. The molecule has 0 radical (unpaired) electrons. The van der Waals surface area contributed by atoms with E-state index >= 15 is 0 Å². The molecule has 0 aliphatic heterocycles. The van der Waals surface area contributed by atoms with E-state index in [0.29, 0.717) is 36.1 Å². The van der Waals surface area contributed by atoms with E-state index in [0.717, 1.165) is 5.56 Å². The smallest absolute Gasteiger partial charge is 0.340 e. The minimum Gasteiger partial charge on any atom is -0.494 e. The first-order valence-electron chi connectivity index (χ1n) is 8.68. The van der Waals surface area contributed by atoms with Gasteiger partial charge in [0.05, 0.1) is 24.5 Å². The van der Waals surface area contributed by atoms with Gasteiger partial charge in [-0.05, 0) is 44.5 Å². The van der Waals surface area contributed by atoms with Crippen molar-refractivity contribution >= 4 is 23.3 Å². The van der Waals surface area contributed by atoms with Gasteiger partial charge in [-0.3, -0.25) is 4.79 Å². The highest BCUT2D eigenvalue weighted by molar-refractivity contribution is 5.99. The lowest BCUT2D eigenvalue weighted by Crippen LogP contribution is -2.22. The molecule has 0 saturated heterocycles. The second kappa shape index (κ2) is 9.47. The normalized spacial score (nSPS) is 10.2. The van der Waals surface area contributed by atoms with E-state index in [1.54, 1.807) is 43.3 Å². The first-order chi connectivity index (χ1) is 13.0. The molecule has 2 rings (SSSR count). The number of nitrogens with one attached hydrogen (secondary N) is 1. The summed E-state index contributed by atoms with van der Waals surface area (Å²) in [6.45, 7) is 5.99. The Balaban J connectivity index is 2.03. The number of hydrogen-bond acceptors (Lipinski definition) is 6. The van der Waals surface area contributed by atoms with Gasteiger partial charge in [-0.2, -0.15) is 0 Å². The van der Waals surface area contributed by atoms with Gasteiger partial charge in [-0.25, -0.2) is 4.79 Å². The first kappa shape index (κ1) is 20.1. The number of hydrogen-bond donors (Lipinski definition) is 2. The Hall–Kier alpha value is -3.22. The summed E-state index contributed by atoms with van der Waals surface area (Å²) in [5.41, 5.74) is 7.66. The van der Waals surface area contributed by atoms with Crippen LogP contribution in [0.5, 0.6) is 11.5 Å². The third kappa shape index (κ3) is 5.37. The van der Waals surface area contributed by atoms with Crippen molar-refractivity contribution in [1.82, 2.24) is 0 Å². The molecular formula is C20H24N2O5. The second-order valence-corrected chi connectivity index (χ2v) is 5.68. The number of amides is 1. The monoisotopic (exact) mass is 372 g/mol. The van der Waals surface area contributed by atoms with Crippen LogP contribution >= 0.6 is 0 Å². The quantitative estimate of drug-likeness (QED) is 0.545. The van der Waals surface area contributed by atoms with Crippen molar-refractivity contribution in [3.8, 4) is 11.5 Å². The molecule has 0 saturated carbocycles. The molecule has 0 spiro atoms. The number of carbonyl (C=O) groups excluding carboxylic acids is 2. The van der Waals surface area contributed by atoms with Crippen LogP contribution in [0.2, 0.25) is 0 Å². The van der Waals surface area contributed by atoms with Crippen LogP contribution in [0.4, 0.5) is 11.4 Å². The molecule has 0 unspecified atom stereocenters. The number of anilines is 2. The molecule has 0 aromatic heterocycles. The number of rotatable bonds is 8. The number of para-hydroxylation sites is 1. The summed E-state index contributed by atoms with van der Waals surface area (Å²) in [6, 6.07) is 10.2. The number of carbonyl (C=O) groups is 2. The number of esters is 1. The third-order valence-corrected chi connectivity index (χ3v) is 3.71. The van der Waals surface area contributed by atoms with Gasteiger partial charge in [0.15, 0.2) is 6.61 Å². The Labute approximate surface area is 158 Å². The highest BCUT2D eigenvalue weighted by atomic mass is 16.5. The van der Waals surface area contributed by atoms with E-state index < -0.39 is 18.5 Å². The standard InChI is InChI=1S/C20H24N2O5/c1-4-25-14-9-10-17(26-5-2)16(11-14)22-18(23)12-27-20(24)15-8-6-7-13(3)19(15)21/h6-11H,4-5,12,21H2,1-3H3,(H,22,23). The Morgan fingerprint density at radius 2 is 1.81 bits per heavy atom. The molecule has 144 valence electrons. The van der Waals surface area contributed by atoms with Crippen molar-refractivity contribution in [2.24, 2.45) is 0 Å². The van der Waals surface area contributed by atoms with Crippen LogP contribution in [0.25, 0.3) is 0 Å². The second-order valence-electron chi connectivity index (χ2n) is 5.68. The van der Waals surface area contributed by atoms with Crippen molar-refractivity contribution < 1.29 is 23.8 Å². The zero-order valence-corrected chi connectivity index (χ0v) is 15.7. The maximum atomic E-state index is 12.2. The molecule has 0 fully saturated rings. The fraction of sp³-hybridized carbons (Fsp3) is 0.300. The van der Waals surface area contributed by atoms with E-state index in [4.69, 9.17) is 19.9 Å². The third-order valence-electron chi connectivity index (χ3n) is 3.71. The van der Waals surface area contributed by atoms with Gasteiger partial charge in [0.1, 0.15) is 11.5 Å². The maximum Gasteiger partial charge on any atom is 0.340 e. The number of nitrogen functional groups attached to an aromatic ring is 1. The Morgan fingerprint density at radius 1 is 1.07 bits per heavy atom. The molecule has 1 amide bonds. The zero-order valence-electron chi connectivity index (χ0n) is 15.7. The van der Waals surface area contributed by atoms with Crippen LogP contribution in [0, 0.1) is 6.92 Å². The number of ether oxygens (including phenoxy) is 3. The van der Waals surface area contributed by atoms with Gasteiger partial charge < -0.3 is 25.3 Å². The van der Waals surface area contributed by atoms with Crippen molar-refractivity contribution in [2.75, 3.05) is 30.9 Å². The van der Waals surface area contributed by atoms with Crippen LogP contribution in [0.1, 0.15) is 29.8 Å². The molecule has 0 atom stereocenters. The van der Waals surface area contributed by atoms with Gasteiger partial charge in [0.25, 0.3) is 5.91 Å². The van der Waals surface area contributed by atoms with Crippen LogP contribution < -0.4 is 20.5 Å². The lowest BCUT2D eigenvalue weighted by molar-refractivity contribution is -0.119. The molecular weight excluding hydrogens is 348 g/mol. The molecule has 27 heavy (non-hydrogen) atoms. The molecule has 2 aromatic rings. The number of aryl methyl sites for hydroxylation is 1. The van der Waals surface area contributed by atoms with Gasteiger partial charge in [-0.1, -0.05) is 12.1 Å². The van der Waals surface area contributed by atoms with E-state index in [1.807, 2.05) is 13.8 Å². The van der Waals surface area contributed by atoms with E-state index in [1.165, 1.54) is 0 Å². The van der Waals surface area contributed by atoms with Crippen LogP contribution in [0.3, 0.4) is 0 Å². The molecule has 0 bridgehead atoms. The van der Waals surface area contributed by atoms with Gasteiger partial charge >= 0.3 is 5.97 Å². The van der Waals surface area contributed by atoms with Crippen LogP contribution in [-0.2, 0) is 9.53 Å². The topological polar surface area (TPSA) is 99.9 Å². The Kier molecular flexibility index (Phi) is 7.05. The van der Waals surface area contributed by atoms with Crippen molar-refractivity contribution in [3.63, 3.8) is 0 Å². The number of benzene rings is 2. The van der Waals surface area contributed by atoms with Gasteiger partial charge in [-0.15, -0.1) is 0 Å². The Bertz CT molecular complexity index is 820. The minimum absolute atomic E-state index is 0.233. The van der Waals surface area contributed by atoms with E-state index in [-0.39, 0.29) is 5.56 Å². The van der Waals surface area contributed by atoms with Crippen molar-refractivity contribution in [1.29, 1.82) is 0 Å². The van der Waals surface area contributed by atoms with Crippen LogP contribution in [0.15, 0.2) is 36.4 Å². The summed E-state index contributed by atoms with van der Waals surface area (Å²) in [5, 5.41) is 2.67. The fourth-order valence-corrected chi connectivity index (χ4v) is 2.40. The average Bonchev–Trinajstić information content (AvgIpc) is 2.64. The van der Waals surface area contributed by atoms with E-state index in [9.17, 15) is 9.59 Å². The highest BCUT2D eigenvalue weighted by Gasteiger charge is 2.15. The average molecular weight is 372 g/mol. The Morgan fingerprint density at radius 3 is 2.52 bits per heavy atom. The van der Waals surface area contributed by atoms with E-state index in [2.05, 4.69) is 5.32 Å². The molecule has 2 aromatic carbocycles. The molecule has 7 nitrogen and oxygen atoms in total. The molecule has 0 heterocycles. The largest absolute Gasteiger partial charge is 0.494 e. The number of nitrogens with two attached hydrogens (primary N) is 1. The predicted octanol–water partition coefficient (Wildman–Crippen LogP) is 3.17. The minimum atomic E-state index is -0.653. The molecule has 0 aliphatic rings. The highest BCUT2D eigenvalue weighted by Crippen LogP contribution is 2.29. The van der Waals surface area contributed by atoms with Gasteiger partial charge in [0.2, 0.25) is 0 Å². The van der Waals surface area contributed by atoms with Crippen molar-refractivity contribution in [2.45, 2.75) is 20.8 Å². The fourth-order valence-electron chi connectivity index (χ4n) is 2.40. The first-order valence-corrected chi connectivity index (χ1v) is 8.68. The van der Waals surface area contributed by atoms with Gasteiger partial charge in [0, 0.05) is 11.8 Å². The lowest BCUT2D eigenvalue weighted by atomic mass is 10.1. The molecule has 7 heteroatoms. The summed E-state index contributed by atoms with van der Waals surface area (Å²) < 4.78 is 16.0. The molecule has 0 aliphatic carbocycles. The van der Waals surface area contributed by atoms with Crippen LogP contribution in [-0.4, -0.2) is 31.7 Å². The summed E-state index contributed by atoms with van der Waals surface area (Å²) in [5.74, 6) is -0.0482. The van der Waals surface area contributed by atoms with Crippen molar-refractivity contribution in [3.05, 3.63) is 47.5 Å². The SMILES string of the molecule is CCOc1ccc(OCC)c(NC(=O)COC(=O)c2cccc(C)c2N)c1. The summed E-state index contributed by atoms with van der Waals surface area (Å²) in [7, 11) is 0. The lowest BCUT2D eigenvalue weighted by Gasteiger charge is -2.14. The maximum absolute atomic E-state index is 12.2. The summed E-state index contributed by atoms with van der Waals surface area (Å²) in [4.78, 5) is 24.4.